The minimum absolute atomic E-state index is 0.534. The Hall–Kier alpha value is -2.66. The van der Waals surface area contributed by atoms with Gasteiger partial charge in [-0.2, -0.15) is 0 Å². The Kier molecular flexibility index (Phi) is 5.38. The second kappa shape index (κ2) is 7.70. The van der Waals surface area contributed by atoms with Gasteiger partial charge < -0.3 is 24.1 Å². The average molecular weight is 356 g/mol. The van der Waals surface area contributed by atoms with E-state index in [-0.39, 0.29) is 0 Å². The lowest BCUT2D eigenvalue weighted by atomic mass is 9.84. The first kappa shape index (κ1) is 18.1. The van der Waals surface area contributed by atoms with E-state index < -0.39 is 6.10 Å². The zero-order chi connectivity index (χ0) is 18.7. The van der Waals surface area contributed by atoms with Crippen LogP contribution in [-0.2, 0) is 6.42 Å². The lowest BCUT2D eigenvalue weighted by Crippen LogP contribution is -2.18. The van der Waals surface area contributed by atoms with Crippen LogP contribution >= 0.6 is 0 Å². The van der Waals surface area contributed by atoms with Crippen LogP contribution in [0.2, 0.25) is 0 Å². The second-order valence-electron chi connectivity index (χ2n) is 6.10. The molecule has 5 heteroatoms. The van der Waals surface area contributed by atoms with Crippen LogP contribution < -0.4 is 18.9 Å². The maximum atomic E-state index is 10.6. The Bertz CT molecular complexity index is 800. The normalized spacial score (nSPS) is 17.6. The Morgan fingerprint density at radius 1 is 0.923 bits per heavy atom. The second-order valence-corrected chi connectivity index (χ2v) is 6.10. The van der Waals surface area contributed by atoms with Gasteiger partial charge in [0.25, 0.3) is 0 Å². The van der Waals surface area contributed by atoms with Gasteiger partial charge in [0.2, 0.25) is 5.75 Å². The van der Waals surface area contributed by atoms with Crippen LogP contribution in [0.15, 0.2) is 30.3 Å². The van der Waals surface area contributed by atoms with Crippen molar-refractivity contribution in [2.75, 3.05) is 28.4 Å². The van der Waals surface area contributed by atoms with Gasteiger partial charge in [-0.1, -0.05) is 12.1 Å². The van der Waals surface area contributed by atoms with Gasteiger partial charge in [0.05, 0.1) is 34.5 Å². The fourth-order valence-electron chi connectivity index (χ4n) is 3.44. The first-order chi connectivity index (χ1) is 12.6. The van der Waals surface area contributed by atoms with Crippen LogP contribution in [0.5, 0.6) is 23.0 Å². The van der Waals surface area contributed by atoms with Crippen LogP contribution in [0.1, 0.15) is 23.1 Å². The van der Waals surface area contributed by atoms with Crippen molar-refractivity contribution in [3.8, 4) is 23.0 Å². The fourth-order valence-corrected chi connectivity index (χ4v) is 3.44. The highest BCUT2D eigenvalue weighted by molar-refractivity contribution is 5.87. The lowest BCUT2D eigenvalue weighted by Gasteiger charge is -2.26. The van der Waals surface area contributed by atoms with Crippen molar-refractivity contribution >= 4 is 11.6 Å². The summed E-state index contributed by atoms with van der Waals surface area (Å²) in [6.07, 6.45) is 2.87. The molecule has 0 amide bonds. The van der Waals surface area contributed by atoms with Crippen molar-refractivity contribution in [1.29, 1.82) is 0 Å². The van der Waals surface area contributed by atoms with Gasteiger partial charge >= 0.3 is 0 Å². The highest BCUT2D eigenvalue weighted by Gasteiger charge is 2.25. The molecule has 1 N–H and O–H groups in total. The van der Waals surface area contributed by atoms with Crippen molar-refractivity contribution < 1.29 is 24.1 Å². The van der Waals surface area contributed by atoms with Gasteiger partial charge in [0, 0.05) is 5.56 Å². The summed E-state index contributed by atoms with van der Waals surface area (Å²) in [4.78, 5) is 0. The fraction of sp³-hybridized carbons (Fsp3) is 0.333. The van der Waals surface area contributed by atoms with Crippen molar-refractivity contribution in [2.24, 2.45) is 0 Å². The number of fused-ring (bicyclic) bond motifs is 1. The van der Waals surface area contributed by atoms with E-state index in [2.05, 4.69) is 0 Å². The van der Waals surface area contributed by atoms with Crippen LogP contribution in [0.25, 0.3) is 11.6 Å². The topological polar surface area (TPSA) is 57.2 Å². The van der Waals surface area contributed by atoms with Gasteiger partial charge in [0.1, 0.15) is 5.75 Å². The summed E-state index contributed by atoms with van der Waals surface area (Å²) in [5, 5.41) is 10.6. The molecule has 0 aliphatic heterocycles. The number of hydrogen-bond donors (Lipinski definition) is 1. The smallest absolute Gasteiger partial charge is 0.203 e. The van der Waals surface area contributed by atoms with Crippen molar-refractivity contribution in [3.05, 3.63) is 47.0 Å². The third-order valence-corrected chi connectivity index (χ3v) is 4.70. The van der Waals surface area contributed by atoms with Gasteiger partial charge in [-0.25, -0.2) is 0 Å². The molecule has 26 heavy (non-hydrogen) atoms. The molecule has 1 atom stereocenters. The molecular formula is C21H24O5. The third-order valence-electron chi connectivity index (χ3n) is 4.70. The molecule has 0 saturated carbocycles. The molecule has 2 aromatic rings. The number of aliphatic hydroxyl groups excluding tert-OH is 1. The van der Waals surface area contributed by atoms with E-state index in [4.69, 9.17) is 18.9 Å². The first-order valence-electron chi connectivity index (χ1n) is 8.48. The maximum Gasteiger partial charge on any atom is 0.203 e. The number of methoxy groups -OCH3 is 4. The summed E-state index contributed by atoms with van der Waals surface area (Å²) < 4.78 is 21.7. The van der Waals surface area contributed by atoms with E-state index in [1.165, 1.54) is 0 Å². The molecule has 0 fully saturated rings. The molecule has 0 spiro atoms. The maximum absolute atomic E-state index is 10.6. The number of ether oxygens (including phenoxy) is 4. The molecule has 0 bridgehead atoms. The summed E-state index contributed by atoms with van der Waals surface area (Å²) in [7, 11) is 6.42. The standard InChI is InChI=1S/C21H24O5/c1-23-18-7-5-6-14-15(18)8-9-17(22)16(14)10-13-11-19(24-2)21(26-4)20(12-13)25-3/h5-7,10-12,17,22H,8-9H2,1-4H3/b16-10+. The number of benzene rings is 2. The van der Waals surface area contributed by atoms with Gasteiger partial charge in [0.15, 0.2) is 11.5 Å². The number of rotatable bonds is 5. The zero-order valence-electron chi connectivity index (χ0n) is 15.5. The Balaban J connectivity index is 2.14. The van der Waals surface area contributed by atoms with Crippen LogP contribution in [-0.4, -0.2) is 39.6 Å². The lowest BCUT2D eigenvalue weighted by molar-refractivity contribution is 0.218. The minimum Gasteiger partial charge on any atom is -0.496 e. The first-order valence-corrected chi connectivity index (χ1v) is 8.48. The molecule has 1 aliphatic rings. The van der Waals surface area contributed by atoms with Crippen LogP contribution in [0, 0.1) is 0 Å². The van der Waals surface area contributed by atoms with E-state index in [9.17, 15) is 5.11 Å². The SMILES string of the molecule is COc1cccc2c1CCC(O)/C2=C/c1cc(OC)c(OC)c(OC)c1. The summed E-state index contributed by atoms with van der Waals surface area (Å²) in [5.74, 6) is 2.55. The molecule has 138 valence electrons. The van der Waals surface area contributed by atoms with E-state index in [1.807, 2.05) is 36.4 Å². The monoisotopic (exact) mass is 356 g/mol. The van der Waals surface area contributed by atoms with Gasteiger partial charge in [-0.05, 0) is 53.8 Å². The predicted molar refractivity (Wildman–Crippen MR) is 101 cm³/mol. The van der Waals surface area contributed by atoms with Crippen molar-refractivity contribution in [2.45, 2.75) is 18.9 Å². The van der Waals surface area contributed by atoms with Gasteiger partial charge in [-0.3, -0.25) is 0 Å². The molecule has 3 rings (SSSR count). The highest BCUT2D eigenvalue weighted by Crippen LogP contribution is 2.41. The molecule has 1 aliphatic carbocycles. The van der Waals surface area contributed by atoms with Crippen LogP contribution in [0.3, 0.4) is 0 Å². The third kappa shape index (κ3) is 3.22. The predicted octanol–water partition coefficient (Wildman–Crippen LogP) is 3.57. The molecule has 0 saturated heterocycles. The quantitative estimate of drug-likeness (QED) is 0.888. The largest absolute Gasteiger partial charge is 0.496 e. The molecule has 1 unspecified atom stereocenters. The summed E-state index contributed by atoms with van der Waals surface area (Å²) in [5.41, 5.74) is 3.86. The summed E-state index contributed by atoms with van der Waals surface area (Å²) in [6.45, 7) is 0. The highest BCUT2D eigenvalue weighted by atomic mass is 16.5. The van der Waals surface area contributed by atoms with E-state index in [0.29, 0.717) is 23.7 Å². The molecular weight excluding hydrogens is 332 g/mol. The van der Waals surface area contributed by atoms with E-state index >= 15 is 0 Å². The Labute approximate surface area is 153 Å². The van der Waals surface area contributed by atoms with Gasteiger partial charge in [-0.15, -0.1) is 0 Å². The van der Waals surface area contributed by atoms with E-state index in [1.54, 1.807) is 28.4 Å². The summed E-state index contributed by atoms with van der Waals surface area (Å²) in [6, 6.07) is 9.65. The molecule has 5 nitrogen and oxygen atoms in total. The number of aliphatic hydroxyl groups is 1. The molecule has 2 aromatic carbocycles. The molecule has 0 aromatic heterocycles. The molecule has 0 heterocycles. The Morgan fingerprint density at radius 2 is 1.58 bits per heavy atom. The minimum atomic E-state index is -0.534. The van der Waals surface area contributed by atoms with Crippen LogP contribution in [0.4, 0.5) is 0 Å². The van der Waals surface area contributed by atoms with E-state index in [0.717, 1.165) is 34.4 Å². The Morgan fingerprint density at radius 3 is 2.15 bits per heavy atom. The summed E-state index contributed by atoms with van der Waals surface area (Å²) >= 11 is 0. The van der Waals surface area contributed by atoms with Crippen molar-refractivity contribution in [3.63, 3.8) is 0 Å². The number of hydrogen-bond acceptors (Lipinski definition) is 5. The van der Waals surface area contributed by atoms with Crippen molar-refractivity contribution in [1.82, 2.24) is 0 Å². The average Bonchev–Trinajstić information content (AvgIpc) is 2.68. The molecule has 0 radical (unpaired) electrons. The zero-order valence-corrected chi connectivity index (χ0v) is 15.5.